The molecule has 2 aliphatic rings. The minimum atomic E-state index is 0.175. The van der Waals surface area contributed by atoms with E-state index in [1.165, 1.54) is 0 Å². The molecular weight excluding hydrogens is 318 g/mol. The molecule has 1 aliphatic carbocycles. The Hall–Kier alpha value is -2.21. The number of benzene rings is 1. The number of rotatable bonds is 7. The quantitative estimate of drug-likeness (QED) is 0.724. The summed E-state index contributed by atoms with van der Waals surface area (Å²) in [4.78, 5) is 18.6. The average molecular weight is 341 g/mol. The van der Waals surface area contributed by atoms with E-state index in [4.69, 9.17) is 9.26 Å². The molecule has 0 bridgehead atoms. The molecule has 2 heterocycles. The summed E-state index contributed by atoms with van der Waals surface area (Å²) in [6, 6.07) is 10.1. The molecule has 2 aromatic rings. The van der Waals surface area contributed by atoms with Crippen LogP contribution in [0.15, 0.2) is 34.9 Å². The normalized spacial score (nSPS) is 20.2. The zero-order chi connectivity index (χ0) is 17.1. The Morgan fingerprint density at radius 1 is 1.24 bits per heavy atom. The number of aromatic nitrogens is 2. The first-order valence-electron chi connectivity index (χ1n) is 9.02. The van der Waals surface area contributed by atoms with E-state index in [1.54, 1.807) is 0 Å². The maximum Gasteiger partial charge on any atom is 0.231 e. The maximum atomic E-state index is 12.1. The summed E-state index contributed by atoms with van der Waals surface area (Å²) in [6.45, 7) is 2.66. The third kappa shape index (κ3) is 4.07. The summed E-state index contributed by atoms with van der Waals surface area (Å²) in [5, 5.41) is 4.05. The Morgan fingerprint density at radius 2 is 2.08 bits per heavy atom. The molecule has 1 amide bonds. The highest BCUT2D eigenvalue weighted by Crippen LogP contribution is 2.34. The molecule has 1 saturated heterocycles. The van der Waals surface area contributed by atoms with E-state index in [-0.39, 0.29) is 11.8 Å². The SMILES string of the molecule is O=C(C1CC1)N1CCC(c2nc(CCOCc3ccccc3)no2)C1. The predicted molar refractivity (Wildman–Crippen MR) is 90.8 cm³/mol. The Bertz CT molecular complexity index is 712. The van der Waals surface area contributed by atoms with Crippen LogP contribution in [0.4, 0.5) is 0 Å². The van der Waals surface area contributed by atoms with Gasteiger partial charge in [-0.15, -0.1) is 0 Å². The second kappa shape index (κ2) is 7.35. The van der Waals surface area contributed by atoms with E-state index in [2.05, 4.69) is 10.1 Å². The second-order valence-electron chi connectivity index (χ2n) is 6.88. The first-order chi connectivity index (χ1) is 12.3. The molecule has 1 unspecified atom stereocenters. The van der Waals surface area contributed by atoms with Gasteiger partial charge in [-0.1, -0.05) is 35.5 Å². The smallest absolute Gasteiger partial charge is 0.231 e. The first kappa shape index (κ1) is 16.3. The van der Waals surface area contributed by atoms with Gasteiger partial charge in [0.05, 0.1) is 19.1 Å². The number of carbonyl (C=O) groups excluding carboxylic acids is 1. The highest BCUT2D eigenvalue weighted by molar-refractivity contribution is 5.81. The number of ether oxygens (including phenoxy) is 1. The minimum absolute atomic E-state index is 0.175. The van der Waals surface area contributed by atoms with Crippen LogP contribution in [0.1, 0.15) is 42.5 Å². The van der Waals surface area contributed by atoms with Crippen molar-refractivity contribution in [1.82, 2.24) is 15.0 Å². The van der Waals surface area contributed by atoms with Crippen LogP contribution in [-0.4, -0.2) is 40.6 Å². The van der Waals surface area contributed by atoms with Crippen LogP contribution in [0, 0.1) is 5.92 Å². The van der Waals surface area contributed by atoms with Crippen LogP contribution >= 0.6 is 0 Å². The van der Waals surface area contributed by atoms with E-state index in [0.717, 1.165) is 31.4 Å². The Balaban J connectivity index is 1.23. The van der Waals surface area contributed by atoms with Crippen molar-refractivity contribution in [2.75, 3.05) is 19.7 Å². The lowest BCUT2D eigenvalue weighted by Crippen LogP contribution is -2.29. The lowest BCUT2D eigenvalue weighted by Gasteiger charge is -2.14. The number of likely N-dealkylation sites (tertiary alicyclic amines) is 1. The average Bonchev–Trinajstić information content (AvgIpc) is 3.18. The fourth-order valence-electron chi connectivity index (χ4n) is 3.21. The molecular formula is C19H23N3O3. The number of nitrogens with zero attached hydrogens (tertiary/aromatic N) is 3. The van der Waals surface area contributed by atoms with E-state index in [1.807, 2.05) is 35.2 Å². The molecule has 1 atom stereocenters. The molecule has 132 valence electrons. The van der Waals surface area contributed by atoms with Crippen molar-refractivity contribution in [3.05, 3.63) is 47.6 Å². The molecule has 6 nitrogen and oxygen atoms in total. The summed E-state index contributed by atoms with van der Waals surface area (Å²) < 4.78 is 11.1. The largest absolute Gasteiger partial charge is 0.376 e. The Kier molecular flexibility index (Phi) is 4.78. The summed E-state index contributed by atoms with van der Waals surface area (Å²) in [6.07, 6.45) is 3.64. The van der Waals surface area contributed by atoms with E-state index < -0.39 is 0 Å². The van der Waals surface area contributed by atoms with Gasteiger partial charge in [0.25, 0.3) is 0 Å². The van der Waals surface area contributed by atoms with Crippen molar-refractivity contribution in [1.29, 1.82) is 0 Å². The summed E-state index contributed by atoms with van der Waals surface area (Å²) in [7, 11) is 0. The Morgan fingerprint density at radius 3 is 2.88 bits per heavy atom. The van der Waals surface area contributed by atoms with Crippen LogP contribution in [-0.2, 0) is 22.6 Å². The fraction of sp³-hybridized carbons (Fsp3) is 0.526. The molecule has 1 aromatic heterocycles. The third-order valence-corrected chi connectivity index (χ3v) is 4.84. The second-order valence-corrected chi connectivity index (χ2v) is 6.88. The van der Waals surface area contributed by atoms with Gasteiger partial charge in [-0.25, -0.2) is 0 Å². The molecule has 2 fully saturated rings. The van der Waals surface area contributed by atoms with E-state index in [0.29, 0.717) is 43.8 Å². The highest BCUT2D eigenvalue weighted by Gasteiger charge is 2.38. The van der Waals surface area contributed by atoms with Crippen LogP contribution in [0.2, 0.25) is 0 Å². The van der Waals surface area contributed by atoms with Crippen molar-refractivity contribution >= 4 is 5.91 Å². The van der Waals surface area contributed by atoms with E-state index >= 15 is 0 Å². The molecule has 25 heavy (non-hydrogen) atoms. The van der Waals surface area contributed by atoms with Crippen molar-refractivity contribution in [3.8, 4) is 0 Å². The van der Waals surface area contributed by atoms with Gasteiger partial charge < -0.3 is 14.2 Å². The lowest BCUT2D eigenvalue weighted by molar-refractivity contribution is -0.131. The van der Waals surface area contributed by atoms with Gasteiger partial charge in [0.2, 0.25) is 11.8 Å². The zero-order valence-corrected chi connectivity index (χ0v) is 14.3. The molecule has 1 aromatic carbocycles. The fourth-order valence-corrected chi connectivity index (χ4v) is 3.21. The van der Waals surface area contributed by atoms with Gasteiger partial charge in [0.1, 0.15) is 0 Å². The van der Waals surface area contributed by atoms with Gasteiger partial charge in [-0.2, -0.15) is 4.98 Å². The van der Waals surface area contributed by atoms with Crippen molar-refractivity contribution < 1.29 is 14.1 Å². The third-order valence-electron chi connectivity index (χ3n) is 4.84. The monoisotopic (exact) mass is 341 g/mol. The van der Waals surface area contributed by atoms with Crippen LogP contribution in [0.25, 0.3) is 0 Å². The molecule has 1 saturated carbocycles. The van der Waals surface area contributed by atoms with Crippen molar-refractivity contribution in [3.63, 3.8) is 0 Å². The summed E-state index contributed by atoms with van der Waals surface area (Å²) >= 11 is 0. The topological polar surface area (TPSA) is 68.5 Å². The van der Waals surface area contributed by atoms with Crippen LogP contribution in [0.3, 0.4) is 0 Å². The maximum absolute atomic E-state index is 12.1. The van der Waals surface area contributed by atoms with Gasteiger partial charge in [-0.3, -0.25) is 4.79 Å². The van der Waals surface area contributed by atoms with E-state index in [9.17, 15) is 4.79 Å². The summed E-state index contributed by atoms with van der Waals surface area (Å²) in [5.41, 5.74) is 1.16. The summed E-state index contributed by atoms with van der Waals surface area (Å²) in [5.74, 6) is 2.09. The molecule has 0 N–H and O–H groups in total. The number of hydrogen-bond acceptors (Lipinski definition) is 5. The van der Waals surface area contributed by atoms with Gasteiger partial charge >= 0.3 is 0 Å². The molecule has 0 radical (unpaired) electrons. The molecule has 1 aliphatic heterocycles. The minimum Gasteiger partial charge on any atom is -0.376 e. The van der Waals surface area contributed by atoms with Gasteiger partial charge in [0.15, 0.2) is 5.82 Å². The highest BCUT2D eigenvalue weighted by atomic mass is 16.5. The van der Waals surface area contributed by atoms with Gasteiger partial charge in [0, 0.05) is 25.4 Å². The standard InChI is InChI=1S/C19H23N3O3/c23-19(15-6-7-15)22-10-8-16(12-22)18-20-17(21-25-18)9-11-24-13-14-4-2-1-3-5-14/h1-5,15-16H,6-13H2. The van der Waals surface area contributed by atoms with Crippen LogP contribution in [0.5, 0.6) is 0 Å². The van der Waals surface area contributed by atoms with Crippen molar-refractivity contribution in [2.45, 2.75) is 38.2 Å². The zero-order valence-electron chi connectivity index (χ0n) is 14.3. The lowest BCUT2D eigenvalue weighted by atomic mass is 10.1. The number of carbonyl (C=O) groups is 1. The molecule has 6 heteroatoms. The molecule has 0 spiro atoms. The number of amides is 1. The molecule has 4 rings (SSSR count). The first-order valence-corrected chi connectivity index (χ1v) is 9.02. The number of hydrogen-bond donors (Lipinski definition) is 0. The van der Waals surface area contributed by atoms with Gasteiger partial charge in [-0.05, 0) is 24.8 Å². The van der Waals surface area contributed by atoms with Crippen molar-refractivity contribution in [2.24, 2.45) is 5.92 Å². The Labute approximate surface area is 147 Å². The predicted octanol–water partition coefficient (Wildman–Crippen LogP) is 2.55. The van der Waals surface area contributed by atoms with Crippen LogP contribution < -0.4 is 0 Å².